The van der Waals surface area contributed by atoms with Crippen molar-refractivity contribution in [1.82, 2.24) is 4.72 Å². The maximum Gasteiger partial charge on any atom is 0.213 e. The Bertz CT molecular complexity index is 267. The zero-order valence-electron chi connectivity index (χ0n) is 8.08. The van der Waals surface area contributed by atoms with Crippen LogP contribution in [0, 0.1) is 5.41 Å². The first-order valence-corrected chi connectivity index (χ1v) is 6.06. The summed E-state index contributed by atoms with van der Waals surface area (Å²) in [6.45, 7) is 3.74. The van der Waals surface area contributed by atoms with Crippen LogP contribution in [0.25, 0.3) is 0 Å². The van der Waals surface area contributed by atoms with E-state index >= 15 is 0 Å². The van der Waals surface area contributed by atoms with Crippen molar-refractivity contribution in [3.05, 3.63) is 0 Å². The Balaban J connectivity index is 2.43. The van der Waals surface area contributed by atoms with Crippen molar-refractivity contribution >= 4 is 10.0 Å². The quantitative estimate of drug-likeness (QED) is 0.671. The molecule has 0 bridgehead atoms. The molecule has 1 aliphatic carbocycles. The molecule has 0 aliphatic heterocycles. The summed E-state index contributed by atoms with van der Waals surface area (Å²) in [5, 5.41) is 8.56. The Morgan fingerprint density at radius 1 is 1.46 bits per heavy atom. The fourth-order valence-corrected chi connectivity index (χ4v) is 1.83. The van der Waals surface area contributed by atoms with Crippen molar-refractivity contribution in [2.75, 3.05) is 13.2 Å². The monoisotopic (exact) mass is 207 g/mol. The maximum atomic E-state index is 11.3. The lowest BCUT2D eigenvalue weighted by molar-refractivity contribution is 0.213. The summed E-state index contributed by atoms with van der Waals surface area (Å²) >= 11 is 0. The van der Waals surface area contributed by atoms with E-state index in [-0.39, 0.29) is 12.0 Å². The minimum absolute atomic E-state index is 0.0770. The first kappa shape index (κ1) is 10.9. The molecule has 0 amide bonds. The van der Waals surface area contributed by atoms with E-state index in [1.807, 2.05) is 0 Å². The highest BCUT2D eigenvalue weighted by Gasteiger charge is 2.42. The Labute approximate surface area is 79.4 Å². The molecule has 5 heteroatoms. The van der Waals surface area contributed by atoms with Crippen molar-refractivity contribution in [3.8, 4) is 0 Å². The lowest BCUT2D eigenvalue weighted by Gasteiger charge is -2.14. The van der Waals surface area contributed by atoms with Crippen LogP contribution in [-0.4, -0.2) is 31.9 Å². The van der Waals surface area contributed by atoms with Crippen molar-refractivity contribution in [2.45, 2.75) is 31.9 Å². The lowest BCUT2D eigenvalue weighted by atomic mass is 10.1. The van der Waals surface area contributed by atoms with E-state index < -0.39 is 15.3 Å². The van der Waals surface area contributed by atoms with Crippen LogP contribution < -0.4 is 4.72 Å². The molecule has 4 nitrogen and oxygen atoms in total. The number of hydrogen-bond donors (Lipinski definition) is 2. The molecular weight excluding hydrogens is 190 g/mol. The smallest absolute Gasteiger partial charge is 0.213 e. The van der Waals surface area contributed by atoms with Crippen molar-refractivity contribution in [2.24, 2.45) is 5.41 Å². The molecular formula is C8H17NO3S. The lowest BCUT2D eigenvalue weighted by Crippen LogP contribution is -2.36. The van der Waals surface area contributed by atoms with E-state index in [0.717, 1.165) is 12.8 Å². The van der Waals surface area contributed by atoms with Crippen molar-refractivity contribution in [3.63, 3.8) is 0 Å². The molecule has 78 valence electrons. The molecule has 0 aromatic rings. The predicted octanol–water partition coefficient (Wildman–Crippen LogP) is 0.0867. The minimum Gasteiger partial charge on any atom is -0.396 e. The number of rotatable bonds is 5. The van der Waals surface area contributed by atoms with Gasteiger partial charge in [-0.3, -0.25) is 0 Å². The number of hydrogen-bond acceptors (Lipinski definition) is 3. The minimum atomic E-state index is -3.16. The van der Waals surface area contributed by atoms with Gasteiger partial charge in [-0.1, -0.05) is 0 Å². The highest BCUT2D eigenvalue weighted by atomic mass is 32.2. The zero-order chi connectivity index (χ0) is 10.1. The topological polar surface area (TPSA) is 66.4 Å². The summed E-state index contributed by atoms with van der Waals surface area (Å²) < 4.78 is 25.2. The summed E-state index contributed by atoms with van der Waals surface area (Å²) in [5.74, 6) is 0. The number of sulfonamides is 1. The van der Waals surface area contributed by atoms with Crippen LogP contribution in [0.15, 0.2) is 0 Å². The fourth-order valence-electron chi connectivity index (χ4n) is 0.988. The second-order valence-corrected chi connectivity index (χ2v) is 6.39. The molecule has 0 unspecified atom stereocenters. The molecule has 0 atom stereocenters. The molecule has 1 fully saturated rings. The van der Waals surface area contributed by atoms with Crippen LogP contribution in [-0.2, 0) is 10.0 Å². The van der Waals surface area contributed by atoms with Crippen LogP contribution in [0.3, 0.4) is 0 Å². The summed E-state index contributed by atoms with van der Waals surface area (Å²) in [6.07, 6.45) is 1.84. The van der Waals surface area contributed by atoms with Gasteiger partial charge in [-0.05, 0) is 26.7 Å². The number of aliphatic hydroxyl groups is 1. The van der Waals surface area contributed by atoms with Crippen LogP contribution in [0.4, 0.5) is 0 Å². The molecule has 0 radical (unpaired) electrons. The summed E-state index contributed by atoms with van der Waals surface area (Å²) in [5.41, 5.74) is -0.151. The Hall–Kier alpha value is -0.130. The van der Waals surface area contributed by atoms with E-state index in [1.54, 1.807) is 13.8 Å². The molecule has 0 heterocycles. The highest BCUT2D eigenvalue weighted by Crippen LogP contribution is 2.44. The molecule has 13 heavy (non-hydrogen) atoms. The molecule has 0 aromatic heterocycles. The molecule has 1 saturated carbocycles. The van der Waals surface area contributed by atoms with Gasteiger partial charge >= 0.3 is 0 Å². The third kappa shape index (κ3) is 2.65. The van der Waals surface area contributed by atoms with E-state index in [4.69, 9.17) is 5.11 Å². The van der Waals surface area contributed by atoms with Gasteiger partial charge in [-0.2, -0.15) is 0 Å². The fraction of sp³-hybridized carbons (Fsp3) is 1.00. The van der Waals surface area contributed by atoms with Gasteiger partial charge in [0, 0.05) is 18.6 Å². The zero-order valence-corrected chi connectivity index (χ0v) is 8.89. The summed E-state index contributed by atoms with van der Waals surface area (Å²) in [7, 11) is -3.16. The number of nitrogens with one attached hydrogen (secondary N) is 1. The van der Waals surface area contributed by atoms with Gasteiger partial charge in [0.1, 0.15) is 0 Å². The van der Waals surface area contributed by atoms with Gasteiger partial charge in [0.2, 0.25) is 10.0 Å². The molecule has 0 aromatic carbocycles. The maximum absolute atomic E-state index is 11.3. The third-order valence-electron chi connectivity index (χ3n) is 2.56. The molecule has 0 spiro atoms. The van der Waals surface area contributed by atoms with Gasteiger partial charge in [0.25, 0.3) is 0 Å². The van der Waals surface area contributed by atoms with Crippen LogP contribution in [0.1, 0.15) is 26.7 Å². The average molecular weight is 207 g/mol. The van der Waals surface area contributed by atoms with E-state index in [1.165, 1.54) is 0 Å². The Kier molecular flexibility index (Phi) is 2.99. The van der Waals surface area contributed by atoms with Gasteiger partial charge in [-0.25, -0.2) is 13.1 Å². The molecule has 2 N–H and O–H groups in total. The Morgan fingerprint density at radius 2 is 2.00 bits per heavy atom. The highest BCUT2D eigenvalue weighted by molar-refractivity contribution is 7.90. The van der Waals surface area contributed by atoms with Gasteiger partial charge in [0.05, 0.1) is 5.25 Å². The normalized spacial score (nSPS) is 20.6. The van der Waals surface area contributed by atoms with Crippen molar-refractivity contribution in [1.29, 1.82) is 0 Å². The SMILES string of the molecule is CC(C)S(=O)(=O)NCC1(CO)CC1. The molecule has 1 aliphatic rings. The standard InChI is InChI=1S/C8H17NO3S/c1-7(2)13(11,12)9-5-8(6-10)3-4-8/h7,9-10H,3-6H2,1-2H3. The van der Waals surface area contributed by atoms with E-state index in [2.05, 4.69) is 4.72 Å². The van der Waals surface area contributed by atoms with Crippen LogP contribution in [0.5, 0.6) is 0 Å². The van der Waals surface area contributed by atoms with Gasteiger partial charge < -0.3 is 5.11 Å². The first-order valence-electron chi connectivity index (χ1n) is 4.51. The van der Waals surface area contributed by atoms with Crippen molar-refractivity contribution < 1.29 is 13.5 Å². The Morgan fingerprint density at radius 3 is 2.31 bits per heavy atom. The van der Waals surface area contributed by atoms with E-state index in [9.17, 15) is 8.42 Å². The summed E-state index contributed by atoms with van der Waals surface area (Å²) in [6, 6.07) is 0. The van der Waals surface area contributed by atoms with Crippen LogP contribution in [0.2, 0.25) is 0 Å². The predicted molar refractivity (Wildman–Crippen MR) is 50.8 cm³/mol. The molecule has 0 saturated heterocycles. The van der Waals surface area contributed by atoms with E-state index in [0.29, 0.717) is 6.54 Å². The second-order valence-electron chi connectivity index (χ2n) is 4.07. The largest absolute Gasteiger partial charge is 0.396 e. The third-order valence-corrected chi connectivity index (χ3v) is 4.35. The average Bonchev–Trinajstić information content (AvgIpc) is 2.81. The second kappa shape index (κ2) is 3.55. The van der Waals surface area contributed by atoms with Gasteiger partial charge in [-0.15, -0.1) is 0 Å². The summed E-state index contributed by atoms with van der Waals surface area (Å²) in [4.78, 5) is 0. The molecule has 1 rings (SSSR count). The number of aliphatic hydroxyl groups excluding tert-OH is 1. The first-order chi connectivity index (χ1) is 5.92. The van der Waals surface area contributed by atoms with Gasteiger partial charge in [0.15, 0.2) is 0 Å². The van der Waals surface area contributed by atoms with Crippen LogP contribution >= 0.6 is 0 Å².